The average Bonchev–Trinajstić information content (AvgIpc) is 2.95. The van der Waals surface area contributed by atoms with Crippen molar-refractivity contribution in [2.45, 2.75) is 24.1 Å². The molecule has 2 rings (SSSR count). The highest BCUT2D eigenvalue weighted by molar-refractivity contribution is 7.94. The molecule has 0 aliphatic carbocycles. The first-order chi connectivity index (χ1) is 8.96. The normalized spacial score (nSPS) is 11.7. The molecule has 2 heterocycles. The number of nitrogens with two attached hydrogens (primary N) is 1. The monoisotopic (exact) mass is 300 g/mol. The molecule has 0 bridgehead atoms. The molecule has 0 saturated heterocycles. The topological polar surface area (TPSA) is 90.0 Å². The van der Waals surface area contributed by atoms with Gasteiger partial charge in [-0.2, -0.15) is 5.10 Å². The van der Waals surface area contributed by atoms with Crippen molar-refractivity contribution in [2.75, 3.05) is 4.72 Å². The maximum Gasteiger partial charge on any atom is 0.271 e. The molecule has 19 heavy (non-hydrogen) atoms. The number of anilines is 1. The second-order valence-electron chi connectivity index (χ2n) is 4.10. The van der Waals surface area contributed by atoms with Gasteiger partial charge in [-0.1, -0.05) is 6.92 Å². The molecule has 3 N–H and O–H groups in total. The maximum absolute atomic E-state index is 12.2. The van der Waals surface area contributed by atoms with Gasteiger partial charge in [0.25, 0.3) is 10.0 Å². The SMILES string of the molecule is CCc1nn(C)cc1NS(=O)(=O)c1cc(CN)cs1. The van der Waals surface area contributed by atoms with E-state index in [1.807, 2.05) is 6.92 Å². The smallest absolute Gasteiger partial charge is 0.271 e. The number of aryl methyl sites for hydroxylation is 2. The number of sulfonamides is 1. The van der Waals surface area contributed by atoms with Gasteiger partial charge >= 0.3 is 0 Å². The minimum atomic E-state index is -3.56. The van der Waals surface area contributed by atoms with Crippen LogP contribution in [0.2, 0.25) is 0 Å². The van der Waals surface area contributed by atoms with E-state index in [4.69, 9.17) is 5.73 Å². The summed E-state index contributed by atoms with van der Waals surface area (Å²) in [5, 5.41) is 5.95. The number of nitrogens with zero attached hydrogens (tertiary/aromatic N) is 2. The summed E-state index contributed by atoms with van der Waals surface area (Å²) in [6, 6.07) is 1.59. The van der Waals surface area contributed by atoms with Crippen LogP contribution in [0, 0.1) is 0 Å². The summed E-state index contributed by atoms with van der Waals surface area (Å²) in [7, 11) is -1.80. The van der Waals surface area contributed by atoms with Crippen molar-refractivity contribution in [1.29, 1.82) is 0 Å². The molecule has 0 aliphatic heterocycles. The van der Waals surface area contributed by atoms with Crippen LogP contribution in [0.25, 0.3) is 0 Å². The first-order valence-electron chi connectivity index (χ1n) is 5.79. The largest absolute Gasteiger partial charge is 0.326 e. The maximum atomic E-state index is 12.2. The highest BCUT2D eigenvalue weighted by Crippen LogP contribution is 2.24. The van der Waals surface area contributed by atoms with Crippen molar-refractivity contribution in [3.05, 3.63) is 28.9 Å². The van der Waals surface area contributed by atoms with Crippen molar-refractivity contribution in [3.8, 4) is 0 Å². The Labute approximate surface area is 116 Å². The molecule has 2 aromatic rings. The minimum absolute atomic E-state index is 0.263. The Morgan fingerprint density at radius 1 is 1.53 bits per heavy atom. The van der Waals surface area contributed by atoms with Gasteiger partial charge in [0.05, 0.1) is 11.4 Å². The Kier molecular flexibility index (Phi) is 3.93. The van der Waals surface area contributed by atoms with E-state index in [-0.39, 0.29) is 4.21 Å². The Bertz CT molecular complexity index is 673. The van der Waals surface area contributed by atoms with Crippen LogP contribution in [-0.2, 0) is 30.0 Å². The summed E-state index contributed by atoms with van der Waals surface area (Å²) in [5.74, 6) is 0. The minimum Gasteiger partial charge on any atom is -0.326 e. The third-order valence-electron chi connectivity index (χ3n) is 2.61. The van der Waals surface area contributed by atoms with Crippen LogP contribution in [-0.4, -0.2) is 18.2 Å². The van der Waals surface area contributed by atoms with Gasteiger partial charge in [0.2, 0.25) is 0 Å². The number of hydrogen-bond donors (Lipinski definition) is 2. The Balaban J connectivity index is 2.30. The van der Waals surface area contributed by atoms with E-state index in [1.165, 1.54) is 0 Å². The molecule has 0 atom stereocenters. The summed E-state index contributed by atoms with van der Waals surface area (Å²) in [6.45, 7) is 2.26. The van der Waals surface area contributed by atoms with Crippen LogP contribution < -0.4 is 10.5 Å². The lowest BCUT2D eigenvalue weighted by atomic mass is 10.3. The molecule has 8 heteroatoms. The zero-order chi connectivity index (χ0) is 14.0. The first-order valence-corrected chi connectivity index (χ1v) is 8.15. The van der Waals surface area contributed by atoms with Crippen LogP contribution in [0.4, 0.5) is 5.69 Å². The first kappa shape index (κ1) is 14.0. The third-order valence-corrected chi connectivity index (χ3v) is 5.47. The molecule has 2 aromatic heterocycles. The van der Waals surface area contributed by atoms with Gasteiger partial charge in [-0.15, -0.1) is 11.3 Å². The van der Waals surface area contributed by atoms with Gasteiger partial charge in [-0.05, 0) is 23.4 Å². The van der Waals surface area contributed by atoms with E-state index in [9.17, 15) is 8.42 Å². The van der Waals surface area contributed by atoms with Crippen molar-refractivity contribution in [3.63, 3.8) is 0 Å². The van der Waals surface area contributed by atoms with Gasteiger partial charge in [-0.25, -0.2) is 8.42 Å². The second-order valence-corrected chi connectivity index (χ2v) is 6.92. The van der Waals surface area contributed by atoms with Gasteiger partial charge < -0.3 is 5.73 Å². The van der Waals surface area contributed by atoms with Crippen LogP contribution in [0.5, 0.6) is 0 Å². The molecule has 0 radical (unpaired) electrons. The number of aromatic nitrogens is 2. The van der Waals surface area contributed by atoms with Crippen molar-refractivity contribution < 1.29 is 8.42 Å². The predicted molar refractivity (Wildman–Crippen MR) is 75.6 cm³/mol. The van der Waals surface area contributed by atoms with Gasteiger partial charge in [0, 0.05) is 19.8 Å². The molecule has 0 saturated carbocycles. The van der Waals surface area contributed by atoms with Crippen molar-refractivity contribution in [1.82, 2.24) is 9.78 Å². The van der Waals surface area contributed by atoms with E-state index in [0.717, 1.165) is 22.6 Å². The summed E-state index contributed by atoms with van der Waals surface area (Å²) >= 11 is 1.16. The predicted octanol–water partition coefficient (Wildman–Crippen LogP) is 1.30. The highest BCUT2D eigenvalue weighted by atomic mass is 32.2. The molecule has 6 nitrogen and oxygen atoms in total. The number of nitrogens with one attached hydrogen (secondary N) is 1. The Morgan fingerprint density at radius 3 is 2.84 bits per heavy atom. The van der Waals surface area contributed by atoms with Gasteiger partial charge in [0.1, 0.15) is 4.21 Å². The molecule has 0 aliphatic rings. The van der Waals surface area contributed by atoms with E-state index in [1.54, 1.807) is 29.4 Å². The number of thiophene rings is 1. The molecule has 0 amide bonds. The molecular formula is C11H16N4O2S2. The second kappa shape index (κ2) is 5.32. The fourth-order valence-corrected chi connectivity index (χ4v) is 3.97. The van der Waals surface area contributed by atoms with Crippen LogP contribution in [0.1, 0.15) is 18.2 Å². The fraction of sp³-hybridized carbons (Fsp3) is 0.364. The van der Waals surface area contributed by atoms with Crippen LogP contribution in [0.15, 0.2) is 21.9 Å². The summed E-state index contributed by atoms with van der Waals surface area (Å²) in [5.41, 5.74) is 7.54. The summed E-state index contributed by atoms with van der Waals surface area (Å²) in [6.07, 6.45) is 2.32. The van der Waals surface area contributed by atoms with E-state index in [2.05, 4.69) is 9.82 Å². The zero-order valence-electron chi connectivity index (χ0n) is 10.8. The fourth-order valence-electron chi connectivity index (χ4n) is 1.68. The molecular weight excluding hydrogens is 284 g/mol. The van der Waals surface area contributed by atoms with Gasteiger partial charge in [-0.3, -0.25) is 9.40 Å². The number of hydrogen-bond acceptors (Lipinski definition) is 5. The molecule has 104 valence electrons. The lowest BCUT2D eigenvalue weighted by Gasteiger charge is -2.04. The van der Waals surface area contributed by atoms with Gasteiger partial charge in [0.15, 0.2) is 0 Å². The summed E-state index contributed by atoms with van der Waals surface area (Å²) < 4.78 is 28.9. The lowest BCUT2D eigenvalue weighted by molar-refractivity contribution is 0.603. The molecule has 0 aromatic carbocycles. The standard InChI is InChI=1S/C11H16N4O2S2/c1-3-9-10(6-15(2)13-9)14-19(16,17)11-4-8(5-12)7-18-11/h4,6-7,14H,3,5,12H2,1-2H3. The van der Waals surface area contributed by atoms with E-state index < -0.39 is 10.0 Å². The van der Waals surface area contributed by atoms with Crippen LogP contribution >= 0.6 is 11.3 Å². The van der Waals surface area contributed by atoms with Crippen molar-refractivity contribution in [2.24, 2.45) is 12.8 Å². The highest BCUT2D eigenvalue weighted by Gasteiger charge is 2.19. The molecule has 0 unspecified atom stereocenters. The average molecular weight is 300 g/mol. The quantitative estimate of drug-likeness (QED) is 0.871. The van der Waals surface area contributed by atoms with Crippen molar-refractivity contribution >= 4 is 27.0 Å². The third kappa shape index (κ3) is 2.96. The zero-order valence-corrected chi connectivity index (χ0v) is 12.4. The van der Waals surface area contributed by atoms with E-state index in [0.29, 0.717) is 18.7 Å². The molecule has 0 spiro atoms. The number of rotatable bonds is 5. The Hall–Kier alpha value is -1.38. The lowest BCUT2D eigenvalue weighted by Crippen LogP contribution is -2.12. The molecule has 0 fully saturated rings. The Morgan fingerprint density at radius 2 is 2.26 bits per heavy atom. The van der Waals surface area contributed by atoms with Crippen LogP contribution in [0.3, 0.4) is 0 Å². The summed E-state index contributed by atoms with van der Waals surface area (Å²) in [4.78, 5) is 0. The van der Waals surface area contributed by atoms with E-state index >= 15 is 0 Å².